The lowest BCUT2D eigenvalue weighted by molar-refractivity contribution is 0.305. The highest BCUT2D eigenvalue weighted by Gasteiger charge is 2.17. The SMILES string of the molecule is CC#CCCC(NCCC)C(CC)CCCC. The van der Waals surface area contributed by atoms with E-state index in [1.54, 1.807) is 0 Å². The summed E-state index contributed by atoms with van der Waals surface area (Å²) in [5.74, 6) is 7.04. The van der Waals surface area contributed by atoms with Crippen LogP contribution in [-0.2, 0) is 0 Å². The maximum Gasteiger partial charge on any atom is 0.0104 e. The van der Waals surface area contributed by atoms with E-state index in [4.69, 9.17) is 0 Å². The number of nitrogens with one attached hydrogen (secondary N) is 1. The predicted molar refractivity (Wildman–Crippen MR) is 78.1 cm³/mol. The summed E-state index contributed by atoms with van der Waals surface area (Å²) in [5.41, 5.74) is 0. The molecule has 2 unspecified atom stereocenters. The molecule has 17 heavy (non-hydrogen) atoms. The van der Waals surface area contributed by atoms with Crippen LogP contribution in [0.1, 0.15) is 72.6 Å². The highest BCUT2D eigenvalue weighted by molar-refractivity contribution is 4.96. The third-order valence-electron chi connectivity index (χ3n) is 3.44. The number of rotatable bonds is 10. The first kappa shape index (κ1) is 16.5. The minimum Gasteiger partial charge on any atom is -0.314 e. The van der Waals surface area contributed by atoms with Crippen molar-refractivity contribution in [1.82, 2.24) is 5.32 Å². The van der Waals surface area contributed by atoms with Gasteiger partial charge in [-0.05, 0) is 38.6 Å². The molecule has 0 aliphatic rings. The van der Waals surface area contributed by atoms with E-state index in [9.17, 15) is 0 Å². The van der Waals surface area contributed by atoms with E-state index in [1.807, 2.05) is 6.92 Å². The van der Waals surface area contributed by atoms with Crippen molar-refractivity contribution >= 4 is 0 Å². The Morgan fingerprint density at radius 3 is 2.35 bits per heavy atom. The lowest BCUT2D eigenvalue weighted by Gasteiger charge is -2.27. The molecule has 0 aliphatic carbocycles. The minimum atomic E-state index is 0.673. The summed E-state index contributed by atoms with van der Waals surface area (Å²) in [4.78, 5) is 0. The highest BCUT2D eigenvalue weighted by atomic mass is 14.9. The van der Waals surface area contributed by atoms with Crippen molar-refractivity contribution in [3.8, 4) is 11.8 Å². The molecular formula is C16H31N. The van der Waals surface area contributed by atoms with E-state index in [1.165, 1.54) is 38.5 Å². The van der Waals surface area contributed by atoms with Crippen LogP contribution in [-0.4, -0.2) is 12.6 Å². The molecule has 0 fully saturated rings. The van der Waals surface area contributed by atoms with E-state index in [0.717, 1.165) is 18.9 Å². The normalized spacial score (nSPS) is 13.9. The molecule has 2 atom stereocenters. The van der Waals surface area contributed by atoms with Gasteiger partial charge in [-0.25, -0.2) is 0 Å². The van der Waals surface area contributed by atoms with Gasteiger partial charge in [0.1, 0.15) is 0 Å². The smallest absolute Gasteiger partial charge is 0.0104 e. The number of hydrogen-bond acceptors (Lipinski definition) is 1. The average molecular weight is 237 g/mol. The first-order valence-corrected chi connectivity index (χ1v) is 7.43. The Bertz CT molecular complexity index is 211. The second-order valence-electron chi connectivity index (χ2n) is 4.84. The van der Waals surface area contributed by atoms with Gasteiger partial charge in [-0.1, -0.05) is 40.0 Å². The zero-order chi connectivity index (χ0) is 12.9. The predicted octanol–water partition coefficient (Wildman–Crippen LogP) is 4.37. The molecular weight excluding hydrogens is 206 g/mol. The lowest BCUT2D eigenvalue weighted by Crippen LogP contribution is -2.36. The van der Waals surface area contributed by atoms with Crippen LogP contribution in [0, 0.1) is 17.8 Å². The molecule has 0 saturated carbocycles. The molecule has 0 radical (unpaired) electrons. The van der Waals surface area contributed by atoms with Crippen molar-refractivity contribution in [2.45, 2.75) is 78.7 Å². The van der Waals surface area contributed by atoms with Gasteiger partial charge in [-0.2, -0.15) is 0 Å². The quantitative estimate of drug-likeness (QED) is 0.556. The monoisotopic (exact) mass is 237 g/mol. The van der Waals surface area contributed by atoms with E-state index in [0.29, 0.717) is 6.04 Å². The second-order valence-corrected chi connectivity index (χ2v) is 4.84. The molecule has 0 aromatic carbocycles. The molecule has 0 heterocycles. The van der Waals surface area contributed by atoms with Crippen molar-refractivity contribution in [1.29, 1.82) is 0 Å². The van der Waals surface area contributed by atoms with E-state index >= 15 is 0 Å². The van der Waals surface area contributed by atoms with Gasteiger partial charge in [-0.3, -0.25) is 0 Å². The van der Waals surface area contributed by atoms with E-state index in [-0.39, 0.29) is 0 Å². The third-order valence-corrected chi connectivity index (χ3v) is 3.44. The van der Waals surface area contributed by atoms with Gasteiger partial charge in [0.2, 0.25) is 0 Å². The molecule has 1 nitrogen and oxygen atoms in total. The molecule has 100 valence electrons. The molecule has 0 saturated heterocycles. The Kier molecular flexibility index (Phi) is 11.7. The third kappa shape index (κ3) is 8.27. The maximum absolute atomic E-state index is 3.72. The zero-order valence-corrected chi connectivity index (χ0v) is 12.3. The largest absolute Gasteiger partial charge is 0.314 e. The molecule has 1 N–H and O–H groups in total. The van der Waals surface area contributed by atoms with Gasteiger partial charge < -0.3 is 5.32 Å². The first-order valence-electron chi connectivity index (χ1n) is 7.43. The Morgan fingerprint density at radius 2 is 1.82 bits per heavy atom. The van der Waals surface area contributed by atoms with Gasteiger partial charge in [0.25, 0.3) is 0 Å². The number of hydrogen-bond donors (Lipinski definition) is 1. The van der Waals surface area contributed by atoms with Crippen LogP contribution in [0.15, 0.2) is 0 Å². The Morgan fingerprint density at radius 1 is 1.06 bits per heavy atom. The molecule has 0 bridgehead atoms. The molecule has 0 aromatic rings. The summed E-state index contributed by atoms with van der Waals surface area (Å²) < 4.78 is 0. The molecule has 0 amide bonds. The fraction of sp³-hybridized carbons (Fsp3) is 0.875. The van der Waals surface area contributed by atoms with Crippen LogP contribution in [0.25, 0.3) is 0 Å². The standard InChI is InChI=1S/C16H31N/c1-5-9-11-13-16(17-14-7-3)15(8-4)12-10-6-2/h15-17H,6-8,10-14H2,1-4H3. The zero-order valence-electron chi connectivity index (χ0n) is 12.3. The van der Waals surface area contributed by atoms with Crippen LogP contribution in [0.3, 0.4) is 0 Å². The van der Waals surface area contributed by atoms with Crippen LogP contribution in [0.4, 0.5) is 0 Å². The maximum atomic E-state index is 3.72. The van der Waals surface area contributed by atoms with E-state index < -0.39 is 0 Å². The fourth-order valence-electron chi connectivity index (χ4n) is 2.34. The summed E-state index contributed by atoms with van der Waals surface area (Å²) in [7, 11) is 0. The second kappa shape index (κ2) is 12.0. The molecule has 0 aromatic heterocycles. The Balaban J connectivity index is 4.20. The fourth-order valence-corrected chi connectivity index (χ4v) is 2.34. The van der Waals surface area contributed by atoms with Crippen LogP contribution in [0.5, 0.6) is 0 Å². The molecule has 1 heteroatoms. The molecule has 0 aliphatic heterocycles. The van der Waals surface area contributed by atoms with Gasteiger partial charge in [0.15, 0.2) is 0 Å². The van der Waals surface area contributed by atoms with Crippen molar-refractivity contribution in [2.75, 3.05) is 6.54 Å². The van der Waals surface area contributed by atoms with Crippen LogP contribution < -0.4 is 5.32 Å². The van der Waals surface area contributed by atoms with Crippen LogP contribution in [0.2, 0.25) is 0 Å². The summed E-state index contributed by atoms with van der Waals surface area (Å²) in [6.45, 7) is 9.93. The van der Waals surface area contributed by atoms with Gasteiger partial charge in [0.05, 0.1) is 0 Å². The minimum absolute atomic E-state index is 0.673. The average Bonchev–Trinajstić information content (AvgIpc) is 2.36. The summed E-state index contributed by atoms with van der Waals surface area (Å²) in [5, 5.41) is 3.72. The van der Waals surface area contributed by atoms with Crippen molar-refractivity contribution in [3.63, 3.8) is 0 Å². The Labute approximate surface area is 109 Å². The van der Waals surface area contributed by atoms with Crippen molar-refractivity contribution in [2.24, 2.45) is 5.92 Å². The Hall–Kier alpha value is -0.480. The van der Waals surface area contributed by atoms with Gasteiger partial charge in [0, 0.05) is 12.5 Å². The lowest BCUT2D eigenvalue weighted by atomic mass is 9.88. The van der Waals surface area contributed by atoms with Gasteiger partial charge >= 0.3 is 0 Å². The first-order chi connectivity index (χ1) is 8.29. The summed E-state index contributed by atoms with van der Waals surface area (Å²) >= 11 is 0. The van der Waals surface area contributed by atoms with E-state index in [2.05, 4.69) is 37.9 Å². The highest BCUT2D eigenvalue weighted by Crippen LogP contribution is 2.20. The van der Waals surface area contributed by atoms with Gasteiger partial charge in [-0.15, -0.1) is 11.8 Å². The van der Waals surface area contributed by atoms with Crippen molar-refractivity contribution < 1.29 is 0 Å². The molecule has 0 rings (SSSR count). The molecule has 0 spiro atoms. The van der Waals surface area contributed by atoms with Crippen LogP contribution >= 0.6 is 0 Å². The summed E-state index contributed by atoms with van der Waals surface area (Å²) in [6, 6.07) is 0.673. The number of unbranched alkanes of at least 4 members (excludes halogenated alkanes) is 1. The van der Waals surface area contributed by atoms with Crippen molar-refractivity contribution in [3.05, 3.63) is 0 Å². The summed E-state index contributed by atoms with van der Waals surface area (Å²) in [6.07, 6.45) is 8.81. The topological polar surface area (TPSA) is 12.0 Å².